The topological polar surface area (TPSA) is 33.5 Å². The van der Waals surface area contributed by atoms with Crippen molar-refractivity contribution >= 4 is 5.91 Å². The first-order valence-electron chi connectivity index (χ1n) is 8.70. The van der Waals surface area contributed by atoms with Crippen molar-refractivity contribution in [3.63, 3.8) is 0 Å². The lowest BCUT2D eigenvalue weighted by Gasteiger charge is -2.25. The number of carbonyl (C=O) groups is 1. The summed E-state index contributed by atoms with van der Waals surface area (Å²) in [6.07, 6.45) is 0.830. The van der Waals surface area contributed by atoms with Crippen LogP contribution in [0, 0.1) is 5.82 Å². The number of aryl methyl sites for hydroxylation is 1. The van der Waals surface area contributed by atoms with Crippen molar-refractivity contribution in [2.75, 3.05) is 7.05 Å². The summed E-state index contributed by atoms with van der Waals surface area (Å²) in [5.41, 5.74) is 1.53. The molecule has 0 aliphatic carbocycles. The van der Waals surface area contributed by atoms with E-state index < -0.39 is 0 Å². The fraction of sp³-hybridized carbons (Fsp3) is 0.227. The minimum atomic E-state index is -0.319. The largest absolute Gasteiger partial charge is 0.461 e. The van der Waals surface area contributed by atoms with Gasteiger partial charge in [-0.25, -0.2) is 4.39 Å². The summed E-state index contributed by atoms with van der Waals surface area (Å²) >= 11 is 0. The molecule has 1 heterocycles. The lowest BCUT2D eigenvalue weighted by Crippen LogP contribution is -2.29. The predicted molar refractivity (Wildman–Crippen MR) is 100 cm³/mol. The molecule has 2 aromatic carbocycles. The maximum atomic E-state index is 13.8. The van der Waals surface area contributed by atoms with Gasteiger partial charge in [0, 0.05) is 19.9 Å². The molecule has 0 N–H and O–H groups in total. The Bertz CT molecular complexity index is 873. The minimum absolute atomic E-state index is 0.00859. The Balaban J connectivity index is 1.61. The number of furan rings is 1. The molecule has 4 heteroatoms. The molecule has 1 aromatic heterocycles. The van der Waals surface area contributed by atoms with Gasteiger partial charge in [0.15, 0.2) is 0 Å². The van der Waals surface area contributed by atoms with Gasteiger partial charge in [0.2, 0.25) is 5.91 Å². The Kier molecular flexibility index (Phi) is 5.52. The first kappa shape index (κ1) is 17.9. The standard InChI is InChI=1S/C22H22FNO2/c1-16(17-8-4-3-5-9-17)24(2)22(25)15-13-18-12-14-21(26-18)19-10-6-7-11-20(19)23/h3-12,14,16H,13,15H2,1-2H3/t16-/m0/s1. The molecule has 0 saturated carbocycles. The highest BCUT2D eigenvalue weighted by molar-refractivity contribution is 5.76. The molecule has 0 aliphatic rings. The van der Waals surface area contributed by atoms with Gasteiger partial charge in [0.25, 0.3) is 0 Å². The van der Waals surface area contributed by atoms with E-state index in [1.54, 1.807) is 35.2 Å². The van der Waals surface area contributed by atoms with E-state index in [1.807, 2.05) is 44.3 Å². The van der Waals surface area contributed by atoms with Crippen molar-refractivity contribution in [3.8, 4) is 11.3 Å². The first-order valence-corrected chi connectivity index (χ1v) is 8.70. The zero-order chi connectivity index (χ0) is 18.5. The van der Waals surface area contributed by atoms with Crippen LogP contribution in [0.15, 0.2) is 71.1 Å². The molecule has 26 heavy (non-hydrogen) atoms. The number of carbonyl (C=O) groups excluding carboxylic acids is 1. The lowest BCUT2D eigenvalue weighted by molar-refractivity contribution is -0.131. The zero-order valence-corrected chi connectivity index (χ0v) is 15.0. The van der Waals surface area contributed by atoms with E-state index in [4.69, 9.17) is 4.42 Å². The maximum Gasteiger partial charge on any atom is 0.223 e. The number of hydrogen-bond donors (Lipinski definition) is 0. The third kappa shape index (κ3) is 4.02. The van der Waals surface area contributed by atoms with Gasteiger partial charge < -0.3 is 9.32 Å². The third-order valence-electron chi connectivity index (χ3n) is 4.64. The van der Waals surface area contributed by atoms with Crippen LogP contribution in [0.4, 0.5) is 4.39 Å². The molecule has 134 valence electrons. The van der Waals surface area contributed by atoms with E-state index in [2.05, 4.69) is 0 Å². The second-order valence-corrected chi connectivity index (χ2v) is 6.34. The Morgan fingerprint density at radius 3 is 2.46 bits per heavy atom. The average Bonchev–Trinajstić information content (AvgIpc) is 3.14. The molecule has 3 rings (SSSR count). The molecule has 0 saturated heterocycles. The Morgan fingerprint density at radius 2 is 1.73 bits per heavy atom. The summed E-state index contributed by atoms with van der Waals surface area (Å²) in [6.45, 7) is 2.01. The van der Waals surface area contributed by atoms with Crippen LogP contribution in [-0.4, -0.2) is 17.9 Å². The van der Waals surface area contributed by atoms with Crippen LogP contribution in [0.3, 0.4) is 0 Å². The number of amides is 1. The summed E-state index contributed by atoms with van der Waals surface area (Å²) in [6, 6.07) is 20.0. The fourth-order valence-corrected chi connectivity index (χ4v) is 2.90. The molecule has 1 amide bonds. The van der Waals surface area contributed by atoms with Gasteiger partial charge in [0.1, 0.15) is 17.3 Å². The summed E-state index contributed by atoms with van der Waals surface area (Å²) < 4.78 is 19.5. The average molecular weight is 351 g/mol. The van der Waals surface area contributed by atoms with Crippen molar-refractivity contribution in [1.29, 1.82) is 0 Å². The number of benzene rings is 2. The van der Waals surface area contributed by atoms with E-state index in [9.17, 15) is 9.18 Å². The van der Waals surface area contributed by atoms with Crippen LogP contribution in [0.2, 0.25) is 0 Å². The fourth-order valence-electron chi connectivity index (χ4n) is 2.90. The van der Waals surface area contributed by atoms with E-state index in [-0.39, 0.29) is 17.8 Å². The van der Waals surface area contributed by atoms with Crippen molar-refractivity contribution in [3.05, 3.63) is 83.9 Å². The van der Waals surface area contributed by atoms with Crippen LogP contribution in [-0.2, 0) is 11.2 Å². The monoisotopic (exact) mass is 351 g/mol. The zero-order valence-electron chi connectivity index (χ0n) is 15.0. The van der Waals surface area contributed by atoms with Gasteiger partial charge in [0.05, 0.1) is 11.6 Å². The minimum Gasteiger partial charge on any atom is -0.461 e. The van der Waals surface area contributed by atoms with E-state index in [0.717, 1.165) is 5.56 Å². The first-order chi connectivity index (χ1) is 12.6. The number of hydrogen-bond acceptors (Lipinski definition) is 2. The van der Waals surface area contributed by atoms with Crippen molar-refractivity contribution in [2.24, 2.45) is 0 Å². The highest BCUT2D eigenvalue weighted by atomic mass is 19.1. The van der Waals surface area contributed by atoms with E-state index in [0.29, 0.717) is 29.9 Å². The van der Waals surface area contributed by atoms with Crippen LogP contribution >= 0.6 is 0 Å². The SMILES string of the molecule is C[C@@H](c1ccccc1)N(C)C(=O)CCc1ccc(-c2ccccc2F)o1. The molecule has 3 nitrogen and oxygen atoms in total. The number of halogens is 1. The third-order valence-corrected chi connectivity index (χ3v) is 4.64. The molecule has 0 aliphatic heterocycles. The van der Waals surface area contributed by atoms with E-state index in [1.165, 1.54) is 6.07 Å². The summed E-state index contributed by atoms with van der Waals surface area (Å²) in [5, 5.41) is 0. The van der Waals surface area contributed by atoms with Gasteiger partial charge in [-0.15, -0.1) is 0 Å². The maximum absolute atomic E-state index is 13.8. The molecule has 1 atom stereocenters. The van der Waals surface area contributed by atoms with Gasteiger partial charge in [-0.05, 0) is 36.8 Å². The van der Waals surface area contributed by atoms with Gasteiger partial charge in [-0.2, -0.15) is 0 Å². The van der Waals surface area contributed by atoms with Crippen molar-refractivity contribution in [1.82, 2.24) is 4.90 Å². The molecular formula is C22H22FNO2. The van der Waals surface area contributed by atoms with Gasteiger partial charge >= 0.3 is 0 Å². The molecule has 3 aromatic rings. The molecular weight excluding hydrogens is 329 g/mol. The summed E-state index contributed by atoms with van der Waals surface area (Å²) in [5.74, 6) is 0.889. The summed E-state index contributed by atoms with van der Waals surface area (Å²) in [4.78, 5) is 14.2. The smallest absolute Gasteiger partial charge is 0.223 e. The Morgan fingerprint density at radius 1 is 1.04 bits per heavy atom. The van der Waals surface area contributed by atoms with Gasteiger partial charge in [-0.1, -0.05) is 42.5 Å². The van der Waals surface area contributed by atoms with Crippen molar-refractivity contribution in [2.45, 2.75) is 25.8 Å². The predicted octanol–water partition coefficient (Wildman–Crippen LogP) is 5.24. The van der Waals surface area contributed by atoms with Crippen molar-refractivity contribution < 1.29 is 13.6 Å². The van der Waals surface area contributed by atoms with Crippen LogP contribution in [0.5, 0.6) is 0 Å². The second-order valence-electron chi connectivity index (χ2n) is 6.34. The molecule has 0 radical (unpaired) electrons. The van der Waals surface area contributed by atoms with Crippen LogP contribution in [0.1, 0.15) is 30.7 Å². The normalized spacial score (nSPS) is 12.0. The molecule has 0 spiro atoms. The lowest BCUT2D eigenvalue weighted by atomic mass is 10.1. The van der Waals surface area contributed by atoms with Crippen LogP contribution in [0.25, 0.3) is 11.3 Å². The van der Waals surface area contributed by atoms with Crippen LogP contribution < -0.4 is 0 Å². The molecule has 0 bridgehead atoms. The van der Waals surface area contributed by atoms with Gasteiger partial charge in [-0.3, -0.25) is 4.79 Å². The highest BCUT2D eigenvalue weighted by Crippen LogP contribution is 2.26. The number of rotatable bonds is 6. The molecule has 0 unspecified atom stereocenters. The highest BCUT2D eigenvalue weighted by Gasteiger charge is 2.18. The quantitative estimate of drug-likeness (QED) is 0.609. The second kappa shape index (κ2) is 8.00. The summed E-state index contributed by atoms with van der Waals surface area (Å²) in [7, 11) is 1.81. The Labute approximate surface area is 153 Å². The Hall–Kier alpha value is -2.88. The van der Waals surface area contributed by atoms with E-state index >= 15 is 0 Å². The molecule has 0 fully saturated rings. The number of nitrogens with zero attached hydrogens (tertiary/aromatic N) is 1.